The van der Waals surface area contributed by atoms with Crippen molar-refractivity contribution in [1.29, 1.82) is 0 Å². The van der Waals surface area contributed by atoms with Gasteiger partial charge in [0.15, 0.2) is 0 Å². The van der Waals surface area contributed by atoms with Gasteiger partial charge < -0.3 is 20.9 Å². The fourth-order valence-corrected chi connectivity index (χ4v) is 6.07. The minimum Gasteiger partial charge on any atom is -0.384 e. The minimum absolute atomic E-state index is 0.0123. The molecule has 3 N–H and O–H groups in total. The topological polar surface area (TPSA) is 177 Å². The van der Waals surface area contributed by atoms with E-state index in [9.17, 15) is 34.6 Å². The summed E-state index contributed by atoms with van der Waals surface area (Å²) in [7, 11) is 0. The van der Waals surface area contributed by atoms with E-state index in [2.05, 4.69) is 43.6 Å². The lowest BCUT2D eigenvalue weighted by atomic mass is 9.87. The van der Waals surface area contributed by atoms with E-state index in [1.807, 2.05) is 24.3 Å². The van der Waals surface area contributed by atoms with Crippen molar-refractivity contribution in [3.63, 3.8) is 0 Å². The van der Waals surface area contributed by atoms with Gasteiger partial charge in [-0.3, -0.25) is 34.6 Å². The Labute approximate surface area is 282 Å². The van der Waals surface area contributed by atoms with Gasteiger partial charge in [-0.2, -0.15) is 0 Å². The van der Waals surface area contributed by atoms with Crippen molar-refractivity contribution < 1.29 is 24.2 Å². The van der Waals surface area contributed by atoms with Gasteiger partial charge in [0.1, 0.15) is 11.1 Å². The first-order valence-corrected chi connectivity index (χ1v) is 15.5. The quantitative estimate of drug-likeness (QED) is 0.145. The number of carbonyl (C=O) groups is 3. The van der Waals surface area contributed by atoms with Crippen LogP contribution in [0.5, 0.6) is 0 Å². The van der Waals surface area contributed by atoms with E-state index in [-0.39, 0.29) is 39.2 Å². The zero-order valence-electron chi connectivity index (χ0n) is 27.7. The van der Waals surface area contributed by atoms with Crippen LogP contribution in [0.4, 0.5) is 34.1 Å². The molecule has 0 radical (unpaired) electrons. The Hall–Kier alpha value is -6.11. The molecule has 2 aliphatic heterocycles. The average Bonchev–Trinajstić information content (AvgIpc) is 3.51. The zero-order valence-corrected chi connectivity index (χ0v) is 27.7. The van der Waals surface area contributed by atoms with Gasteiger partial charge in [0.25, 0.3) is 23.2 Å². The van der Waals surface area contributed by atoms with E-state index in [0.29, 0.717) is 17.9 Å². The van der Waals surface area contributed by atoms with Gasteiger partial charge in [-0.15, -0.1) is 0 Å². The molecule has 2 heterocycles. The second kappa shape index (κ2) is 13.2. The van der Waals surface area contributed by atoms with Crippen LogP contribution in [0.25, 0.3) is 0 Å². The molecule has 2 aliphatic rings. The number of hydrogen-bond donors (Lipinski definition) is 3. The molecule has 0 aliphatic carbocycles. The van der Waals surface area contributed by atoms with Crippen LogP contribution in [0.15, 0.2) is 84.9 Å². The molecule has 13 heteroatoms. The lowest BCUT2D eigenvalue weighted by Crippen LogP contribution is -2.32. The van der Waals surface area contributed by atoms with E-state index < -0.39 is 21.7 Å². The number of nitrogens with zero attached hydrogens (tertiary/aromatic N) is 3. The molecule has 0 fully saturated rings. The lowest BCUT2D eigenvalue weighted by molar-refractivity contribution is -0.385. The minimum atomic E-state index is -0.586. The number of carbonyl (C=O) groups excluding carboxylic acids is 3. The second-order valence-electron chi connectivity index (χ2n) is 13.2. The van der Waals surface area contributed by atoms with E-state index in [0.717, 1.165) is 23.5 Å². The number of hydrogen-bond acceptors (Lipinski definition) is 8. The highest BCUT2D eigenvalue weighted by Gasteiger charge is 2.37. The van der Waals surface area contributed by atoms with Crippen molar-refractivity contribution in [1.82, 2.24) is 0 Å². The third-order valence-electron chi connectivity index (χ3n) is 8.63. The fourth-order valence-electron chi connectivity index (χ4n) is 6.07. The summed E-state index contributed by atoms with van der Waals surface area (Å²) in [6.07, 6.45) is 0. The summed E-state index contributed by atoms with van der Waals surface area (Å²) in [5.74, 6) is -1.13. The van der Waals surface area contributed by atoms with Crippen LogP contribution in [0.2, 0.25) is 0 Å². The van der Waals surface area contributed by atoms with Crippen molar-refractivity contribution in [3.8, 4) is 0 Å². The third-order valence-corrected chi connectivity index (χ3v) is 8.63. The first kappa shape index (κ1) is 34.2. The van der Waals surface area contributed by atoms with E-state index in [1.54, 1.807) is 29.2 Å². The number of benzene rings is 4. The summed E-state index contributed by atoms with van der Waals surface area (Å²) in [4.78, 5) is 59.4. The van der Waals surface area contributed by atoms with Gasteiger partial charge >= 0.3 is 0 Å². The third kappa shape index (κ3) is 7.10. The zero-order chi connectivity index (χ0) is 35.7. The Morgan fingerprint density at radius 2 is 1.20 bits per heavy atom. The Morgan fingerprint density at radius 3 is 1.71 bits per heavy atom. The molecule has 3 amide bonds. The van der Waals surface area contributed by atoms with Crippen LogP contribution >= 0.6 is 0 Å². The number of para-hydroxylation sites is 2. The van der Waals surface area contributed by atoms with Crippen LogP contribution in [0, 0.1) is 20.2 Å². The summed E-state index contributed by atoms with van der Waals surface area (Å²) >= 11 is 0. The molecule has 0 saturated carbocycles. The van der Waals surface area contributed by atoms with Gasteiger partial charge in [0.05, 0.1) is 9.85 Å². The van der Waals surface area contributed by atoms with Gasteiger partial charge in [-0.1, -0.05) is 64.1 Å². The smallest absolute Gasteiger partial charge is 0.282 e. The Balaban J connectivity index is 0.000000192. The highest BCUT2D eigenvalue weighted by atomic mass is 16.6. The first-order chi connectivity index (χ1) is 23.1. The molecule has 6 rings (SSSR count). The van der Waals surface area contributed by atoms with Crippen molar-refractivity contribution in [3.05, 3.63) is 127 Å². The van der Waals surface area contributed by atoms with E-state index in [4.69, 9.17) is 0 Å². The van der Waals surface area contributed by atoms with Crippen molar-refractivity contribution in [2.24, 2.45) is 0 Å². The maximum absolute atomic E-state index is 12.5. The monoisotopic (exact) mass is 664 g/mol. The van der Waals surface area contributed by atoms with Crippen LogP contribution in [0.3, 0.4) is 0 Å². The van der Waals surface area contributed by atoms with Crippen molar-refractivity contribution in [2.75, 3.05) is 33.9 Å². The Morgan fingerprint density at radius 1 is 0.714 bits per heavy atom. The van der Waals surface area contributed by atoms with E-state index in [1.165, 1.54) is 48.9 Å². The molecular weight excluding hydrogens is 628 g/mol. The predicted octanol–water partition coefficient (Wildman–Crippen LogP) is 7.04. The SMILES string of the molecule is CC(=O)N1CC(C)(C)c2ccc(NC(=O)c3ccccc3[N+](=O)[O-])cc21.CC1(C)CNc2cc(NC(=O)c3ccccc3[N+](=O)[O-])ccc21. The number of fused-ring (bicyclic) bond motifs is 2. The number of amides is 3. The summed E-state index contributed by atoms with van der Waals surface area (Å²) in [5.41, 5.74) is 4.50. The molecule has 4 aromatic rings. The summed E-state index contributed by atoms with van der Waals surface area (Å²) < 4.78 is 0. The molecule has 0 bridgehead atoms. The van der Waals surface area contributed by atoms with E-state index >= 15 is 0 Å². The summed E-state index contributed by atoms with van der Waals surface area (Å²) in [5, 5.41) is 30.9. The lowest BCUT2D eigenvalue weighted by Gasteiger charge is -2.19. The molecular formula is C36H36N6O7. The van der Waals surface area contributed by atoms with Crippen molar-refractivity contribution >= 4 is 51.8 Å². The van der Waals surface area contributed by atoms with Crippen LogP contribution < -0.4 is 20.9 Å². The molecule has 4 aromatic carbocycles. The van der Waals surface area contributed by atoms with Gasteiger partial charge in [-0.05, 0) is 47.5 Å². The number of nitro groups is 2. The molecule has 0 atom stereocenters. The number of nitrogens with one attached hydrogen (secondary N) is 3. The molecule has 0 unspecified atom stereocenters. The second-order valence-corrected chi connectivity index (χ2v) is 13.2. The summed E-state index contributed by atoms with van der Waals surface area (Å²) in [6, 6.07) is 22.7. The molecule has 0 aromatic heterocycles. The number of rotatable bonds is 6. The molecule has 0 saturated heterocycles. The molecule has 13 nitrogen and oxygen atoms in total. The van der Waals surface area contributed by atoms with Crippen LogP contribution in [-0.4, -0.2) is 40.7 Å². The average molecular weight is 665 g/mol. The molecule has 252 valence electrons. The van der Waals surface area contributed by atoms with Crippen molar-refractivity contribution in [2.45, 2.75) is 45.4 Å². The van der Waals surface area contributed by atoms with Gasteiger partial charge in [0, 0.05) is 65.7 Å². The Bertz CT molecular complexity index is 2010. The first-order valence-electron chi connectivity index (χ1n) is 15.5. The van der Waals surface area contributed by atoms with Gasteiger partial charge in [-0.25, -0.2) is 0 Å². The fraction of sp³-hybridized carbons (Fsp3) is 0.250. The maximum Gasteiger partial charge on any atom is 0.282 e. The standard InChI is InChI=1S/C19H19N3O4.C17H17N3O3/c1-12(23)21-11-19(2,3)15-9-8-13(10-17(15)21)20-18(24)14-6-4-5-7-16(14)22(25)26;1-17(2)10-18-14-9-11(7-8-13(14)17)19-16(21)12-5-3-4-6-15(12)20(22)23/h4-10H,11H2,1-3H3,(H,20,24);3-9,18H,10H2,1-2H3,(H,19,21). The molecule has 49 heavy (non-hydrogen) atoms. The normalized spacial score (nSPS) is 14.7. The van der Waals surface area contributed by atoms with Crippen LogP contribution in [0.1, 0.15) is 66.5 Å². The highest BCUT2D eigenvalue weighted by Crippen LogP contribution is 2.42. The largest absolute Gasteiger partial charge is 0.384 e. The number of anilines is 4. The highest BCUT2D eigenvalue weighted by molar-refractivity contribution is 6.08. The summed E-state index contributed by atoms with van der Waals surface area (Å²) in [6.45, 7) is 11.3. The maximum atomic E-state index is 12.5. The predicted molar refractivity (Wildman–Crippen MR) is 188 cm³/mol. The number of nitro benzene ring substituents is 2. The van der Waals surface area contributed by atoms with Crippen LogP contribution in [-0.2, 0) is 15.6 Å². The van der Waals surface area contributed by atoms with Gasteiger partial charge in [0.2, 0.25) is 5.91 Å². The Kier molecular flexibility index (Phi) is 9.21. The molecule has 0 spiro atoms.